The highest BCUT2D eigenvalue weighted by atomic mass is 32.1. The second kappa shape index (κ2) is 9.20. The quantitative estimate of drug-likeness (QED) is 0.590. The third-order valence-corrected chi connectivity index (χ3v) is 4.84. The van der Waals surface area contributed by atoms with Crippen molar-refractivity contribution in [1.29, 1.82) is 0 Å². The topological polar surface area (TPSA) is 86.8 Å². The van der Waals surface area contributed by atoms with E-state index in [4.69, 9.17) is 14.2 Å². The molecule has 3 aromatic rings. The fraction of sp³-hybridized carbons (Fsp3) is 0.190. The Balaban J connectivity index is 1.64. The molecule has 3 rings (SSSR count). The van der Waals surface area contributed by atoms with E-state index < -0.39 is 18.0 Å². The third-order valence-electron chi connectivity index (χ3n) is 4.09. The summed E-state index contributed by atoms with van der Waals surface area (Å²) >= 11 is 1.30. The number of benzene rings is 2. The second-order valence-electron chi connectivity index (χ2n) is 6.01. The number of rotatable bonds is 7. The molecular formula is C21H20N2O5S. The van der Waals surface area contributed by atoms with Crippen LogP contribution in [0.3, 0.4) is 0 Å². The van der Waals surface area contributed by atoms with Crippen LogP contribution in [0.1, 0.15) is 17.3 Å². The van der Waals surface area contributed by atoms with Crippen molar-refractivity contribution in [2.75, 3.05) is 19.5 Å². The average molecular weight is 412 g/mol. The summed E-state index contributed by atoms with van der Waals surface area (Å²) in [4.78, 5) is 29.3. The monoisotopic (exact) mass is 412 g/mol. The Bertz CT molecular complexity index is 1000. The zero-order valence-corrected chi connectivity index (χ0v) is 17.0. The van der Waals surface area contributed by atoms with Crippen LogP contribution >= 0.6 is 11.3 Å². The van der Waals surface area contributed by atoms with Crippen LogP contribution in [-0.2, 0) is 9.53 Å². The van der Waals surface area contributed by atoms with Gasteiger partial charge in [-0.25, -0.2) is 9.78 Å². The summed E-state index contributed by atoms with van der Waals surface area (Å²) in [6.45, 7) is 1.49. The molecule has 8 heteroatoms. The Morgan fingerprint density at radius 3 is 2.52 bits per heavy atom. The summed E-state index contributed by atoms with van der Waals surface area (Å²) in [5, 5.41) is 4.96. The molecule has 1 N–H and O–H groups in total. The van der Waals surface area contributed by atoms with Crippen LogP contribution in [0.4, 0.5) is 5.13 Å². The van der Waals surface area contributed by atoms with Crippen LogP contribution in [0, 0.1) is 0 Å². The fourth-order valence-electron chi connectivity index (χ4n) is 2.52. The Kier molecular flexibility index (Phi) is 6.46. The second-order valence-corrected chi connectivity index (χ2v) is 6.87. The first-order valence-corrected chi connectivity index (χ1v) is 9.64. The molecule has 0 aliphatic heterocycles. The van der Waals surface area contributed by atoms with E-state index in [0.717, 1.165) is 11.3 Å². The summed E-state index contributed by atoms with van der Waals surface area (Å²) in [6.07, 6.45) is -1.02. The fourth-order valence-corrected chi connectivity index (χ4v) is 3.25. The Labute approximate surface area is 172 Å². The number of thiazole rings is 1. The van der Waals surface area contributed by atoms with Crippen LogP contribution in [0.2, 0.25) is 0 Å². The van der Waals surface area contributed by atoms with Crippen molar-refractivity contribution in [3.05, 3.63) is 59.5 Å². The summed E-state index contributed by atoms with van der Waals surface area (Å²) in [5.41, 5.74) is 1.92. The van der Waals surface area contributed by atoms with Gasteiger partial charge in [0.2, 0.25) is 0 Å². The Morgan fingerprint density at radius 1 is 1.07 bits per heavy atom. The molecule has 1 amide bonds. The molecule has 0 unspecified atom stereocenters. The van der Waals surface area contributed by atoms with Gasteiger partial charge in [-0.1, -0.05) is 30.3 Å². The predicted octanol–water partition coefficient (Wildman–Crippen LogP) is 4.01. The van der Waals surface area contributed by atoms with Crippen molar-refractivity contribution in [2.24, 2.45) is 0 Å². The number of hydrogen-bond donors (Lipinski definition) is 1. The Morgan fingerprint density at radius 2 is 1.83 bits per heavy atom. The lowest BCUT2D eigenvalue weighted by molar-refractivity contribution is -0.123. The standard InChI is InChI=1S/C21H20N2O5S/c1-13(28-20(25)16-10-9-15(26-2)11-18(16)27-3)19(24)23-21-22-17(12-29-21)14-7-5-4-6-8-14/h4-13H,1-3H3,(H,22,23,24)/t13-/m0/s1. The minimum atomic E-state index is -1.02. The SMILES string of the molecule is COc1ccc(C(=O)O[C@@H](C)C(=O)Nc2nc(-c3ccccc3)cs2)c(OC)c1. The number of hydrogen-bond acceptors (Lipinski definition) is 7. The van der Waals surface area contributed by atoms with Gasteiger partial charge in [-0.05, 0) is 19.1 Å². The van der Waals surface area contributed by atoms with Crippen LogP contribution < -0.4 is 14.8 Å². The summed E-state index contributed by atoms with van der Waals surface area (Å²) < 4.78 is 15.6. The Hall–Kier alpha value is -3.39. The number of amides is 1. The summed E-state index contributed by atoms with van der Waals surface area (Å²) in [6, 6.07) is 14.3. The van der Waals surface area contributed by atoms with E-state index in [9.17, 15) is 9.59 Å². The summed E-state index contributed by atoms with van der Waals surface area (Å²) in [7, 11) is 2.95. The lowest BCUT2D eigenvalue weighted by atomic mass is 10.2. The molecule has 0 aliphatic rings. The van der Waals surface area contributed by atoms with E-state index >= 15 is 0 Å². The predicted molar refractivity (Wildman–Crippen MR) is 111 cm³/mol. The van der Waals surface area contributed by atoms with E-state index in [2.05, 4.69) is 10.3 Å². The van der Waals surface area contributed by atoms with Crippen molar-refractivity contribution in [3.63, 3.8) is 0 Å². The van der Waals surface area contributed by atoms with Gasteiger partial charge >= 0.3 is 5.97 Å². The van der Waals surface area contributed by atoms with Crippen molar-refractivity contribution in [1.82, 2.24) is 4.98 Å². The molecule has 1 atom stereocenters. The third kappa shape index (κ3) is 4.91. The van der Waals surface area contributed by atoms with Crippen LogP contribution in [-0.4, -0.2) is 37.2 Å². The number of nitrogens with zero attached hydrogens (tertiary/aromatic N) is 1. The molecule has 1 heterocycles. The van der Waals surface area contributed by atoms with Gasteiger partial charge in [-0.2, -0.15) is 0 Å². The average Bonchev–Trinajstić information content (AvgIpc) is 3.22. The van der Waals surface area contributed by atoms with E-state index in [1.807, 2.05) is 35.7 Å². The number of carbonyl (C=O) groups excluding carboxylic acids is 2. The van der Waals surface area contributed by atoms with Crippen molar-refractivity contribution >= 4 is 28.3 Å². The van der Waals surface area contributed by atoms with Crippen LogP contribution in [0.25, 0.3) is 11.3 Å². The molecule has 0 saturated heterocycles. The maximum absolute atomic E-state index is 12.4. The number of ether oxygens (including phenoxy) is 3. The van der Waals surface area contributed by atoms with E-state index in [-0.39, 0.29) is 5.56 Å². The highest BCUT2D eigenvalue weighted by Gasteiger charge is 2.22. The van der Waals surface area contributed by atoms with Crippen LogP contribution in [0.15, 0.2) is 53.9 Å². The zero-order valence-electron chi connectivity index (χ0n) is 16.2. The minimum absolute atomic E-state index is 0.202. The molecule has 0 saturated carbocycles. The van der Waals surface area contributed by atoms with Gasteiger partial charge in [-0.3, -0.25) is 10.1 Å². The maximum Gasteiger partial charge on any atom is 0.342 e. The number of aromatic nitrogens is 1. The lowest BCUT2D eigenvalue weighted by Crippen LogP contribution is -2.30. The first-order valence-electron chi connectivity index (χ1n) is 8.76. The lowest BCUT2D eigenvalue weighted by Gasteiger charge is -2.14. The zero-order chi connectivity index (χ0) is 20.8. The van der Waals surface area contributed by atoms with Crippen LogP contribution in [0.5, 0.6) is 11.5 Å². The van der Waals surface area contributed by atoms with Gasteiger partial charge in [0.15, 0.2) is 11.2 Å². The first kappa shape index (κ1) is 20.3. The van der Waals surface area contributed by atoms with Crippen molar-refractivity contribution in [3.8, 4) is 22.8 Å². The normalized spacial score (nSPS) is 11.4. The van der Waals surface area contributed by atoms with E-state index in [0.29, 0.717) is 16.6 Å². The van der Waals surface area contributed by atoms with E-state index in [1.54, 1.807) is 12.1 Å². The van der Waals surface area contributed by atoms with Gasteiger partial charge in [0.25, 0.3) is 5.91 Å². The minimum Gasteiger partial charge on any atom is -0.497 e. The number of anilines is 1. The molecule has 0 spiro atoms. The number of methoxy groups -OCH3 is 2. The number of esters is 1. The van der Waals surface area contributed by atoms with Gasteiger partial charge in [0, 0.05) is 17.0 Å². The molecule has 0 bridgehead atoms. The smallest absolute Gasteiger partial charge is 0.342 e. The van der Waals surface area contributed by atoms with E-state index in [1.165, 1.54) is 38.5 Å². The highest BCUT2D eigenvalue weighted by Crippen LogP contribution is 2.26. The number of nitrogens with one attached hydrogen (secondary N) is 1. The maximum atomic E-state index is 12.4. The van der Waals surface area contributed by atoms with Gasteiger partial charge in [0.05, 0.1) is 19.9 Å². The molecule has 0 aliphatic carbocycles. The van der Waals surface area contributed by atoms with Gasteiger partial charge in [0.1, 0.15) is 17.1 Å². The van der Waals surface area contributed by atoms with Crippen molar-refractivity contribution < 1.29 is 23.8 Å². The molecule has 150 valence electrons. The highest BCUT2D eigenvalue weighted by molar-refractivity contribution is 7.14. The number of carbonyl (C=O) groups is 2. The molecule has 29 heavy (non-hydrogen) atoms. The van der Waals surface area contributed by atoms with Crippen molar-refractivity contribution in [2.45, 2.75) is 13.0 Å². The van der Waals surface area contributed by atoms with Gasteiger partial charge < -0.3 is 14.2 Å². The van der Waals surface area contributed by atoms with Gasteiger partial charge in [-0.15, -0.1) is 11.3 Å². The largest absolute Gasteiger partial charge is 0.497 e. The molecule has 2 aromatic carbocycles. The molecule has 0 fully saturated rings. The molecule has 7 nitrogen and oxygen atoms in total. The molecular weight excluding hydrogens is 392 g/mol. The molecule has 1 aromatic heterocycles. The first-order chi connectivity index (χ1) is 14.0. The molecule has 0 radical (unpaired) electrons. The summed E-state index contributed by atoms with van der Waals surface area (Å²) in [5.74, 6) is -0.298.